The molecule has 1 atom stereocenters. The maximum absolute atomic E-state index is 11.1. The highest BCUT2D eigenvalue weighted by atomic mass is 32.1. The van der Waals surface area contributed by atoms with E-state index in [1.807, 2.05) is 29.9 Å². The number of nitrogens with zero attached hydrogens (tertiary/aromatic N) is 4. The number of aromatic nitrogens is 3. The smallest absolute Gasteiger partial charge is 0.270 e. The van der Waals surface area contributed by atoms with Crippen LogP contribution in [0.4, 0.5) is 10.8 Å². The van der Waals surface area contributed by atoms with E-state index in [4.69, 9.17) is 9.47 Å². The predicted molar refractivity (Wildman–Crippen MR) is 114 cm³/mol. The van der Waals surface area contributed by atoms with Crippen LogP contribution in [0.2, 0.25) is 0 Å². The second kappa shape index (κ2) is 7.99. The average molecular weight is 425 g/mol. The van der Waals surface area contributed by atoms with Crippen molar-refractivity contribution in [2.24, 2.45) is 7.05 Å². The molecule has 10 heteroatoms. The van der Waals surface area contributed by atoms with Crippen molar-refractivity contribution in [1.82, 2.24) is 14.5 Å². The SMILES string of the molecule is COc1cc(OC)cc(C(Nc2nc3ccc([N+](=O)[O-])cc3s2)c2nccn2C)c1. The standard InChI is InChI=1S/C20H19N5O4S/c1-24-7-6-21-19(24)18(12-8-14(28-2)11-15(9-12)29-3)23-20-22-16-5-4-13(25(26)27)10-17(16)30-20/h4-11,18H,1-3H3,(H,22,23). The fourth-order valence-electron chi connectivity index (χ4n) is 3.16. The first kappa shape index (κ1) is 19.6. The lowest BCUT2D eigenvalue weighted by Gasteiger charge is -2.20. The average Bonchev–Trinajstić information content (AvgIpc) is 3.36. The number of hydrogen-bond donors (Lipinski definition) is 1. The molecule has 0 aliphatic carbocycles. The molecule has 1 unspecified atom stereocenters. The third kappa shape index (κ3) is 3.77. The Morgan fingerprint density at radius 2 is 1.90 bits per heavy atom. The molecular weight excluding hydrogens is 406 g/mol. The fourth-order valence-corrected chi connectivity index (χ4v) is 4.09. The van der Waals surface area contributed by atoms with Crippen LogP contribution in [0.1, 0.15) is 17.4 Å². The van der Waals surface area contributed by atoms with Crippen LogP contribution in [0.5, 0.6) is 11.5 Å². The van der Waals surface area contributed by atoms with Crippen LogP contribution in [0.3, 0.4) is 0 Å². The number of aryl methyl sites for hydroxylation is 1. The summed E-state index contributed by atoms with van der Waals surface area (Å²) in [7, 11) is 5.11. The molecule has 0 aliphatic rings. The first-order chi connectivity index (χ1) is 14.5. The van der Waals surface area contributed by atoms with Crippen molar-refractivity contribution in [3.05, 3.63) is 70.3 Å². The van der Waals surface area contributed by atoms with E-state index in [0.29, 0.717) is 22.1 Å². The minimum absolute atomic E-state index is 0.0379. The van der Waals surface area contributed by atoms with Crippen LogP contribution in [-0.2, 0) is 7.05 Å². The molecule has 154 valence electrons. The van der Waals surface area contributed by atoms with Crippen molar-refractivity contribution < 1.29 is 14.4 Å². The van der Waals surface area contributed by atoms with Gasteiger partial charge in [0.2, 0.25) is 0 Å². The summed E-state index contributed by atoms with van der Waals surface area (Å²) in [5.41, 5.74) is 1.61. The molecule has 0 aliphatic heterocycles. The van der Waals surface area contributed by atoms with Crippen LogP contribution in [0, 0.1) is 10.1 Å². The zero-order valence-corrected chi connectivity index (χ0v) is 17.3. The quantitative estimate of drug-likeness (QED) is 0.350. The second-order valence-corrected chi connectivity index (χ2v) is 7.58. The van der Waals surface area contributed by atoms with Gasteiger partial charge in [-0.05, 0) is 23.8 Å². The van der Waals surface area contributed by atoms with Crippen LogP contribution in [-0.4, -0.2) is 33.7 Å². The number of hydrogen-bond acceptors (Lipinski definition) is 8. The maximum Gasteiger partial charge on any atom is 0.270 e. The Morgan fingerprint density at radius 1 is 1.17 bits per heavy atom. The van der Waals surface area contributed by atoms with Crippen LogP contribution in [0.25, 0.3) is 10.2 Å². The zero-order valence-electron chi connectivity index (χ0n) is 16.5. The number of fused-ring (bicyclic) bond motifs is 1. The van der Waals surface area contributed by atoms with E-state index in [-0.39, 0.29) is 11.7 Å². The Hall–Kier alpha value is -3.66. The summed E-state index contributed by atoms with van der Waals surface area (Å²) in [5.74, 6) is 2.09. The lowest BCUT2D eigenvalue weighted by Crippen LogP contribution is -2.17. The highest BCUT2D eigenvalue weighted by Crippen LogP contribution is 2.35. The van der Waals surface area contributed by atoms with E-state index in [2.05, 4.69) is 15.3 Å². The van der Waals surface area contributed by atoms with Crippen LogP contribution >= 0.6 is 11.3 Å². The zero-order chi connectivity index (χ0) is 21.3. The third-order valence-electron chi connectivity index (χ3n) is 4.67. The van der Waals surface area contributed by atoms with E-state index >= 15 is 0 Å². The minimum atomic E-state index is -0.411. The van der Waals surface area contributed by atoms with Gasteiger partial charge < -0.3 is 19.4 Å². The van der Waals surface area contributed by atoms with Gasteiger partial charge in [0.15, 0.2) is 5.13 Å². The monoisotopic (exact) mass is 425 g/mol. The van der Waals surface area contributed by atoms with Gasteiger partial charge in [0.1, 0.15) is 23.4 Å². The lowest BCUT2D eigenvalue weighted by molar-refractivity contribution is -0.384. The van der Waals surface area contributed by atoms with Crippen molar-refractivity contribution in [1.29, 1.82) is 0 Å². The Labute approximate surface area is 176 Å². The summed E-state index contributed by atoms with van der Waals surface area (Å²) in [5, 5.41) is 15.1. The summed E-state index contributed by atoms with van der Waals surface area (Å²) < 4.78 is 13.5. The number of anilines is 1. The molecule has 0 saturated heterocycles. The molecule has 0 saturated carbocycles. The van der Waals surface area contributed by atoms with Gasteiger partial charge in [0.25, 0.3) is 5.69 Å². The molecule has 30 heavy (non-hydrogen) atoms. The molecule has 0 spiro atoms. The predicted octanol–water partition coefficient (Wildman–Crippen LogP) is 4.16. The van der Waals surface area contributed by atoms with E-state index < -0.39 is 4.92 Å². The van der Waals surface area contributed by atoms with Gasteiger partial charge >= 0.3 is 0 Å². The molecule has 1 N–H and O–H groups in total. The normalized spacial score (nSPS) is 12.0. The minimum Gasteiger partial charge on any atom is -0.497 e. The molecule has 0 radical (unpaired) electrons. The molecule has 2 aromatic heterocycles. The summed E-state index contributed by atoms with van der Waals surface area (Å²) in [6.07, 6.45) is 3.59. The van der Waals surface area contributed by atoms with E-state index in [1.165, 1.54) is 23.5 Å². The van der Waals surface area contributed by atoms with Gasteiger partial charge in [-0.25, -0.2) is 9.97 Å². The maximum atomic E-state index is 11.1. The highest BCUT2D eigenvalue weighted by molar-refractivity contribution is 7.22. The van der Waals surface area contributed by atoms with Crippen molar-refractivity contribution in [2.75, 3.05) is 19.5 Å². The van der Waals surface area contributed by atoms with Crippen LogP contribution in [0.15, 0.2) is 48.8 Å². The third-order valence-corrected chi connectivity index (χ3v) is 5.62. The number of methoxy groups -OCH3 is 2. The number of thiazole rings is 1. The molecule has 0 bridgehead atoms. The largest absolute Gasteiger partial charge is 0.497 e. The Morgan fingerprint density at radius 3 is 2.50 bits per heavy atom. The molecule has 9 nitrogen and oxygen atoms in total. The van der Waals surface area contributed by atoms with E-state index in [9.17, 15) is 10.1 Å². The number of nitrogens with one attached hydrogen (secondary N) is 1. The summed E-state index contributed by atoms with van der Waals surface area (Å²) in [4.78, 5) is 19.7. The lowest BCUT2D eigenvalue weighted by atomic mass is 10.1. The number of ether oxygens (including phenoxy) is 2. The molecule has 2 heterocycles. The summed E-state index contributed by atoms with van der Waals surface area (Å²) in [6, 6.07) is 9.91. The van der Waals surface area contributed by atoms with Gasteiger partial charge in [0, 0.05) is 37.6 Å². The fraction of sp³-hybridized carbons (Fsp3) is 0.200. The van der Waals surface area contributed by atoms with E-state index in [1.54, 1.807) is 32.5 Å². The van der Waals surface area contributed by atoms with E-state index in [0.717, 1.165) is 16.1 Å². The van der Waals surface area contributed by atoms with Gasteiger partial charge in [0.05, 0.1) is 29.4 Å². The number of rotatable bonds is 7. The first-order valence-corrected chi connectivity index (χ1v) is 9.82. The Balaban J connectivity index is 1.77. The Bertz CT molecular complexity index is 1200. The summed E-state index contributed by atoms with van der Waals surface area (Å²) >= 11 is 1.35. The van der Waals surface area contributed by atoms with Gasteiger partial charge in [-0.3, -0.25) is 10.1 Å². The van der Waals surface area contributed by atoms with Gasteiger partial charge in [-0.1, -0.05) is 11.3 Å². The first-order valence-electron chi connectivity index (χ1n) is 9.00. The van der Waals surface area contributed by atoms with Gasteiger partial charge in [-0.15, -0.1) is 0 Å². The molecule has 2 aromatic carbocycles. The molecule has 4 aromatic rings. The van der Waals surface area contributed by atoms with Gasteiger partial charge in [-0.2, -0.15) is 0 Å². The Kier molecular flexibility index (Phi) is 5.23. The van der Waals surface area contributed by atoms with Crippen LogP contribution < -0.4 is 14.8 Å². The number of nitro benzene ring substituents is 1. The number of non-ortho nitro benzene ring substituents is 1. The highest BCUT2D eigenvalue weighted by Gasteiger charge is 2.22. The number of nitro groups is 1. The topological polar surface area (TPSA) is 104 Å². The molecular formula is C20H19N5O4S. The number of benzene rings is 2. The molecule has 0 fully saturated rings. The van der Waals surface area contributed by atoms with Crippen molar-refractivity contribution in [3.8, 4) is 11.5 Å². The molecule has 4 rings (SSSR count). The molecule has 0 amide bonds. The van der Waals surface area contributed by atoms with Crippen molar-refractivity contribution >= 4 is 32.4 Å². The van der Waals surface area contributed by atoms with Crippen molar-refractivity contribution in [3.63, 3.8) is 0 Å². The second-order valence-electron chi connectivity index (χ2n) is 6.55. The number of imidazole rings is 1. The van der Waals surface area contributed by atoms with Crippen molar-refractivity contribution in [2.45, 2.75) is 6.04 Å². The summed E-state index contributed by atoms with van der Waals surface area (Å²) in [6.45, 7) is 0.